The summed E-state index contributed by atoms with van der Waals surface area (Å²) in [4.78, 5) is 19.7. The van der Waals surface area contributed by atoms with Crippen LogP contribution >= 0.6 is 0 Å². The summed E-state index contributed by atoms with van der Waals surface area (Å²) in [5.41, 5.74) is 2.70. The molecule has 4 rings (SSSR count). The molecule has 0 bridgehead atoms. The lowest BCUT2D eigenvalue weighted by molar-refractivity contribution is -0.143. The summed E-state index contributed by atoms with van der Waals surface area (Å²) in [5, 5.41) is 10.9. The summed E-state index contributed by atoms with van der Waals surface area (Å²) in [6.07, 6.45) is 1.80. The average molecular weight is 395 g/mol. The minimum Gasteiger partial charge on any atom is -0.497 e. The molecule has 0 aliphatic carbocycles. The van der Waals surface area contributed by atoms with Crippen molar-refractivity contribution in [3.05, 3.63) is 54.2 Å². The van der Waals surface area contributed by atoms with Gasteiger partial charge in [0.2, 0.25) is 0 Å². The molecule has 1 atom stereocenters. The first kappa shape index (κ1) is 19.1. The third kappa shape index (κ3) is 3.61. The molecule has 2 aromatic carbocycles. The number of ether oxygens (including phenoxy) is 2. The normalized spacial score (nSPS) is 16.0. The average Bonchev–Trinajstić information content (AvgIpc) is 3.17. The fraction of sp³-hybridized carbons (Fsp3) is 0.318. The summed E-state index contributed by atoms with van der Waals surface area (Å²) < 4.78 is 10.8. The molecule has 1 aliphatic rings. The Labute approximate surface area is 169 Å². The van der Waals surface area contributed by atoms with Crippen molar-refractivity contribution in [1.82, 2.24) is 9.88 Å². The molecule has 152 valence electrons. The minimum atomic E-state index is -0.848. The number of nitrogens with one attached hydrogen (secondary N) is 1. The third-order valence-electron chi connectivity index (χ3n) is 5.55. The van der Waals surface area contributed by atoms with Crippen molar-refractivity contribution in [2.75, 3.05) is 45.3 Å². The number of benzene rings is 2. The number of H-pyrrole nitrogens is 1. The van der Waals surface area contributed by atoms with Crippen LogP contribution in [0.1, 0.15) is 11.6 Å². The van der Waals surface area contributed by atoms with Gasteiger partial charge in [0.05, 0.1) is 19.9 Å². The Balaban J connectivity index is 1.58. The number of piperazine rings is 1. The minimum absolute atomic E-state index is 0.645. The van der Waals surface area contributed by atoms with Crippen molar-refractivity contribution >= 4 is 22.6 Å². The second kappa shape index (κ2) is 8.05. The van der Waals surface area contributed by atoms with Gasteiger partial charge in [-0.25, -0.2) is 0 Å². The van der Waals surface area contributed by atoms with Crippen LogP contribution in [0.2, 0.25) is 0 Å². The van der Waals surface area contributed by atoms with Crippen LogP contribution in [0.5, 0.6) is 11.5 Å². The monoisotopic (exact) mass is 395 g/mol. The second-order valence-corrected chi connectivity index (χ2v) is 7.09. The van der Waals surface area contributed by atoms with Gasteiger partial charge in [-0.3, -0.25) is 9.69 Å². The number of aromatic nitrogens is 1. The van der Waals surface area contributed by atoms with E-state index in [1.807, 2.05) is 47.4 Å². The Kier molecular flexibility index (Phi) is 5.31. The van der Waals surface area contributed by atoms with Crippen LogP contribution in [0, 0.1) is 0 Å². The lowest BCUT2D eigenvalue weighted by Crippen LogP contribution is -2.49. The molecule has 0 spiro atoms. The highest BCUT2D eigenvalue weighted by atomic mass is 16.5. The van der Waals surface area contributed by atoms with E-state index in [4.69, 9.17) is 9.47 Å². The van der Waals surface area contributed by atoms with Crippen LogP contribution in [0.15, 0.2) is 48.7 Å². The first-order valence-corrected chi connectivity index (χ1v) is 9.62. The molecule has 2 N–H and O–H groups in total. The maximum atomic E-state index is 12.2. The molecule has 0 saturated carbocycles. The van der Waals surface area contributed by atoms with Crippen LogP contribution in [0.4, 0.5) is 5.69 Å². The zero-order valence-electron chi connectivity index (χ0n) is 16.6. The Hall–Kier alpha value is -3.19. The first-order chi connectivity index (χ1) is 14.1. The van der Waals surface area contributed by atoms with Gasteiger partial charge in [0.1, 0.15) is 17.5 Å². The number of aliphatic carboxylic acids is 1. The zero-order chi connectivity index (χ0) is 20.4. The van der Waals surface area contributed by atoms with Crippen molar-refractivity contribution < 1.29 is 19.4 Å². The molecule has 0 radical (unpaired) electrons. The molecule has 29 heavy (non-hydrogen) atoms. The lowest BCUT2D eigenvalue weighted by Gasteiger charge is -2.39. The number of rotatable bonds is 6. The molecule has 1 aromatic heterocycles. The largest absolute Gasteiger partial charge is 0.497 e. The van der Waals surface area contributed by atoms with Crippen LogP contribution < -0.4 is 14.4 Å². The Bertz CT molecular complexity index is 1010. The predicted molar refractivity (Wildman–Crippen MR) is 112 cm³/mol. The van der Waals surface area contributed by atoms with Gasteiger partial charge < -0.3 is 24.5 Å². The summed E-state index contributed by atoms with van der Waals surface area (Å²) >= 11 is 0. The van der Waals surface area contributed by atoms with E-state index in [9.17, 15) is 9.90 Å². The lowest BCUT2D eigenvalue weighted by atomic mass is 10.0. The standard InChI is InChI=1S/C22H25N3O4/c1-28-15-7-8-18-16(13-15)17(14-23-18)21(22(26)27)25-11-9-24(10-12-25)19-5-3-4-6-20(19)29-2/h3-8,13-14,21,23H,9-12H2,1-2H3,(H,26,27)/t21-/m0/s1. The number of carboxylic acids is 1. The molecular weight excluding hydrogens is 370 g/mol. The molecule has 0 unspecified atom stereocenters. The van der Waals surface area contributed by atoms with Crippen LogP contribution in [-0.2, 0) is 4.79 Å². The number of fused-ring (bicyclic) bond motifs is 1. The Morgan fingerprint density at radius 3 is 2.52 bits per heavy atom. The number of hydrogen-bond donors (Lipinski definition) is 2. The molecule has 1 fully saturated rings. The zero-order valence-corrected chi connectivity index (χ0v) is 16.6. The van der Waals surface area contributed by atoms with E-state index in [1.54, 1.807) is 20.4 Å². The number of hydrogen-bond acceptors (Lipinski definition) is 5. The predicted octanol–water partition coefficient (Wildman–Crippen LogP) is 3.13. The number of methoxy groups -OCH3 is 2. The molecule has 0 amide bonds. The van der Waals surface area contributed by atoms with E-state index >= 15 is 0 Å². The second-order valence-electron chi connectivity index (χ2n) is 7.09. The molecular formula is C22H25N3O4. The van der Waals surface area contributed by atoms with E-state index in [0.29, 0.717) is 18.8 Å². The molecule has 3 aromatic rings. The molecule has 7 nitrogen and oxygen atoms in total. The van der Waals surface area contributed by atoms with Gasteiger partial charge in [0, 0.05) is 48.8 Å². The Morgan fingerprint density at radius 2 is 1.83 bits per heavy atom. The SMILES string of the molecule is COc1ccc2[nH]cc([C@@H](C(=O)O)N3CCN(c4ccccc4OC)CC3)c2c1. The van der Waals surface area contributed by atoms with Crippen molar-refractivity contribution in [2.24, 2.45) is 0 Å². The highest BCUT2D eigenvalue weighted by Crippen LogP contribution is 2.33. The van der Waals surface area contributed by atoms with E-state index in [1.165, 1.54) is 0 Å². The number of para-hydroxylation sites is 2. The number of carboxylic acid groups (broad SMARTS) is 1. The molecule has 1 saturated heterocycles. The van der Waals surface area contributed by atoms with Gasteiger partial charge in [-0.1, -0.05) is 12.1 Å². The molecule has 7 heteroatoms. The maximum Gasteiger partial charge on any atom is 0.325 e. The molecule has 2 heterocycles. The quantitative estimate of drug-likeness (QED) is 0.668. The van der Waals surface area contributed by atoms with Crippen molar-refractivity contribution in [1.29, 1.82) is 0 Å². The van der Waals surface area contributed by atoms with Crippen LogP contribution in [0.25, 0.3) is 10.9 Å². The summed E-state index contributed by atoms with van der Waals surface area (Å²) in [7, 11) is 3.28. The van der Waals surface area contributed by atoms with E-state index in [0.717, 1.165) is 41.0 Å². The van der Waals surface area contributed by atoms with Crippen molar-refractivity contribution in [3.8, 4) is 11.5 Å². The topological polar surface area (TPSA) is 78.0 Å². The summed E-state index contributed by atoms with van der Waals surface area (Å²) in [6, 6.07) is 12.9. The van der Waals surface area contributed by atoms with Gasteiger partial charge >= 0.3 is 5.97 Å². The fourth-order valence-electron chi connectivity index (χ4n) is 4.07. The van der Waals surface area contributed by atoms with Gasteiger partial charge in [-0.15, -0.1) is 0 Å². The van der Waals surface area contributed by atoms with E-state index < -0.39 is 12.0 Å². The van der Waals surface area contributed by atoms with Crippen LogP contribution in [-0.4, -0.2) is 61.4 Å². The first-order valence-electron chi connectivity index (χ1n) is 9.62. The fourth-order valence-corrected chi connectivity index (χ4v) is 4.07. The molecule has 1 aliphatic heterocycles. The number of nitrogens with zero attached hydrogens (tertiary/aromatic N) is 2. The Morgan fingerprint density at radius 1 is 1.07 bits per heavy atom. The smallest absolute Gasteiger partial charge is 0.325 e. The number of aromatic amines is 1. The van der Waals surface area contributed by atoms with Gasteiger partial charge in [0.25, 0.3) is 0 Å². The van der Waals surface area contributed by atoms with E-state index in [-0.39, 0.29) is 0 Å². The summed E-state index contributed by atoms with van der Waals surface area (Å²) in [6.45, 7) is 2.75. The van der Waals surface area contributed by atoms with Crippen molar-refractivity contribution in [2.45, 2.75) is 6.04 Å². The number of carbonyl (C=O) groups is 1. The maximum absolute atomic E-state index is 12.2. The van der Waals surface area contributed by atoms with E-state index in [2.05, 4.69) is 9.88 Å². The van der Waals surface area contributed by atoms with Crippen molar-refractivity contribution in [3.63, 3.8) is 0 Å². The summed E-state index contributed by atoms with van der Waals surface area (Å²) in [5.74, 6) is 0.697. The van der Waals surface area contributed by atoms with Crippen LogP contribution in [0.3, 0.4) is 0 Å². The highest BCUT2D eigenvalue weighted by molar-refractivity contribution is 5.90. The highest BCUT2D eigenvalue weighted by Gasteiger charge is 2.32. The number of anilines is 1. The van der Waals surface area contributed by atoms with Gasteiger partial charge in [-0.05, 0) is 30.3 Å². The van der Waals surface area contributed by atoms with Gasteiger partial charge in [0.15, 0.2) is 0 Å². The van der Waals surface area contributed by atoms with Gasteiger partial charge in [-0.2, -0.15) is 0 Å². The third-order valence-corrected chi connectivity index (χ3v) is 5.55.